The summed E-state index contributed by atoms with van der Waals surface area (Å²) in [7, 11) is 0. The summed E-state index contributed by atoms with van der Waals surface area (Å²) >= 11 is 0. The summed E-state index contributed by atoms with van der Waals surface area (Å²) in [4.78, 5) is 27.6. The molecule has 140 valence electrons. The minimum absolute atomic E-state index is 0.0427. The quantitative estimate of drug-likeness (QED) is 0.768. The number of aromatic nitrogens is 3. The molecule has 0 amide bonds. The second kappa shape index (κ2) is 8.78. The van der Waals surface area contributed by atoms with E-state index in [1.54, 1.807) is 24.5 Å². The fraction of sp³-hybridized carbons (Fsp3) is 0.579. The van der Waals surface area contributed by atoms with Crippen LogP contribution in [0.25, 0.3) is 0 Å². The fourth-order valence-corrected chi connectivity index (χ4v) is 3.73. The number of carbonyl (C=O) groups excluding carboxylic acids is 1. The third-order valence-electron chi connectivity index (χ3n) is 5.13. The van der Waals surface area contributed by atoms with Gasteiger partial charge in [0, 0.05) is 18.3 Å². The van der Waals surface area contributed by atoms with Gasteiger partial charge in [0.15, 0.2) is 0 Å². The molecule has 1 unspecified atom stereocenters. The largest absolute Gasteiger partial charge is 0.481 e. The van der Waals surface area contributed by atoms with Crippen molar-refractivity contribution in [3.63, 3.8) is 0 Å². The Bertz CT molecular complexity index is 717. The number of carboxylic acids is 1. The summed E-state index contributed by atoms with van der Waals surface area (Å²) in [5.41, 5.74) is 0. The number of carboxylic acid groups (broad SMARTS) is 1. The molecule has 2 aromatic rings. The highest BCUT2D eigenvalue weighted by Gasteiger charge is 2.25. The van der Waals surface area contributed by atoms with Gasteiger partial charge in [-0.3, -0.25) is 14.2 Å². The zero-order chi connectivity index (χ0) is 18.4. The van der Waals surface area contributed by atoms with Gasteiger partial charge in [0.2, 0.25) is 5.89 Å². The van der Waals surface area contributed by atoms with Crippen LogP contribution in [0.4, 0.5) is 0 Å². The minimum Gasteiger partial charge on any atom is -0.481 e. The zero-order valence-electron chi connectivity index (χ0n) is 14.8. The summed E-state index contributed by atoms with van der Waals surface area (Å²) < 4.78 is 6.60. The second-order valence-corrected chi connectivity index (χ2v) is 7.08. The predicted molar refractivity (Wildman–Crippen MR) is 93.9 cm³/mol. The molecule has 0 aromatic carbocycles. The van der Waals surface area contributed by atoms with Crippen LogP contribution < -0.4 is 0 Å². The molecule has 0 radical (unpaired) electrons. The van der Waals surface area contributed by atoms with Crippen molar-refractivity contribution in [2.45, 2.75) is 63.7 Å². The SMILES string of the molecule is O=C(O)CC(CCCC1CCCCC1)c1nc(C(=O)n2cccc2)no1. The molecule has 1 aliphatic carbocycles. The molecule has 7 heteroatoms. The first-order valence-electron chi connectivity index (χ1n) is 9.36. The first-order valence-corrected chi connectivity index (χ1v) is 9.36. The van der Waals surface area contributed by atoms with Crippen molar-refractivity contribution in [2.24, 2.45) is 5.92 Å². The molecule has 2 heterocycles. The van der Waals surface area contributed by atoms with E-state index >= 15 is 0 Å². The molecule has 0 bridgehead atoms. The molecule has 26 heavy (non-hydrogen) atoms. The molecule has 1 aliphatic rings. The highest BCUT2D eigenvalue weighted by Crippen LogP contribution is 2.31. The van der Waals surface area contributed by atoms with Gasteiger partial charge in [-0.1, -0.05) is 50.1 Å². The van der Waals surface area contributed by atoms with E-state index in [0.717, 1.165) is 18.8 Å². The molecule has 1 fully saturated rings. The van der Waals surface area contributed by atoms with Gasteiger partial charge in [-0.15, -0.1) is 0 Å². The molecule has 0 aliphatic heterocycles. The van der Waals surface area contributed by atoms with E-state index in [1.807, 2.05) is 0 Å². The molecule has 7 nitrogen and oxygen atoms in total. The van der Waals surface area contributed by atoms with Gasteiger partial charge in [-0.2, -0.15) is 4.98 Å². The van der Waals surface area contributed by atoms with Crippen LogP contribution in [-0.2, 0) is 4.79 Å². The van der Waals surface area contributed by atoms with Crippen LogP contribution >= 0.6 is 0 Å². The van der Waals surface area contributed by atoms with Crippen molar-refractivity contribution in [3.8, 4) is 0 Å². The molecule has 3 rings (SSSR count). The number of hydrogen-bond acceptors (Lipinski definition) is 5. The van der Waals surface area contributed by atoms with Crippen LogP contribution in [0.1, 0.15) is 80.2 Å². The Morgan fingerprint density at radius 3 is 2.65 bits per heavy atom. The standard InChI is InChI=1S/C19H25N3O4/c23-16(24)13-15(10-6-9-14-7-2-1-3-8-14)18-20-17(21-26-18)19(25)22-11-4-5-12-22/h4-5,11-12,14-15H,1-3,6-10,13H2,(H,23,24). The molecule has 1 N–H and O–H groups in total. The number of nitrogens with zero attached hydrogens (tertiary/aromatic N) is 3. The number of aliphatic carboxylic acids is 1. The Hall–Kier alpha value is -2.44. The normalized spacial score (nSPS) is 16.5. The minimum atomic E-state index is -0.899. The van der Waals surface area contributed by atoms with Crippen molar-refractivity contribution in [3.05, 3.63) is 36.2 Å². The van der Waals surface area contributed by atoms with Crippen LogP contribution in [0.5, 0.6) is 0 Å². The molecule has 0 saturated heterocycles. The van der Waals surface area contributed by atoms with E-state index in [4.69, 9.17) is 4.52 Å². The predicted octanol–water partition coefficient (Wildman–Crippen LogP) is 3.87. The van der Waals surface area contributed by atoms with E-state index in [2.05, 4.69) is 10.1 Å². The maximum atomic E-state index is 12.2. The number of carbonyl (C=O) groups is 2. The molecule has 1 atom stereocenters. The number of hydrogen-bond donors (Lipinski definition) is 1. The summed E-state index contributed by atoms with van der Waals surface area (Å²) in [5.74, 6) is -0.687. The summed E-state index contributed by atoms with van der Waals surface area (Å²) in [6, 6.07) is 3.47. The van der Waals surface area contributed by atoms with Gasteiger partial charge in [-0.05, 0) is 24.5 Å². The van der Waals surface area contributed by atoms with E-state index in [1.165, 1.54) is 36.7 Å². The van der Waals surface area contributed by atoms with E-state index < -0.39 is 5.97 Å². The average molecular weight is 359 g/mol. The lowest BCUT2D eigenvalue weighted by molar-refractivity contribution is -0.137. The highest BCUT2D eigenvalue weighted by molar-refractivity contribution is 5.92. The molecule has 1 saturated carbocycles. The first-order chi connectivity index (χ1) is 12.6. The van der Waals surface area contributed by atoms with Gasteiger partial charge in [0.25, 0.3) is 5.82 Å². The lowest BCUT2D eigenvalue weighted by Crippen LogP contribution is -2.12. The molecular weight excluding hydrogens is 334 g/mol. The lowest BCUT2D eigenvalue weighted by atomic mass is 9.84. The third-order valence-corrected chi connectivity index (χ3v) is 5.13. The smallest absolute Gasteiger partial charge is 0.304 e. The Morgan fingerprint density at radius 2 is 1.96 bits per heavy atom. The van der Waals surface area contributed by atoms with Crippen LogP contribution in [0.15, 0.2) is 29.0 Å². The maximum Gasteiger partial charge on any atom is 0.304 e. The summed E-state index contributed by atoms with van der Waals surface area (Å²) in [6.07, 6.45) is 12.4. The summed E-state index contributed by atoms with van der Waals surface area (Å²) in [5, 5.41) is 12.9. The van der Waals surface area contributed by atoms with Crippen molar-refractivity contribution in [1.29, 1.82) is 0 Å². The van der Waals surface area contributed by atoms with Crippen molar-refractivity contribution in [2.75, 3.05) is 0 Å². The zero-order valence-corrected chi connectivity index (χ0v) is 14.8. The topological polar surface area (TPSA) is 98.2 Å². The van der Waals surface area contributed by atoms with Crippen LogP contribution in [0.2, 0.25) is 0 Å². The van der Waals surface area contributed by atoms with E-state index in [0.29, 0.717) is 6.42 Å². The third kappa shape index (κ3) is 4.80. The molecule has 0 spiro atoms. The van der Waals surface area contributed by atoms with Gasteiger partial charge >= 0.3 is 11.9 Å². The fourth-order valence-electron chi connectivity index (χ4n) is 3.73. The van der Waals surface area contributed by atoms with Crippen molar-refractivity contribution >= 4 is 11.9 Å². The second-order valence-electron chi connectivity index (χ2n) is 7.08. The van der Waals surface area contributed by atoms with Crippen molar-refractivity contribution in [1.82, 2.24) is 14.7 Å². The monoisotopic (exact) mass is 359 g/mol. The van der Waals surface area contributed by atoms with Crippen molar-refractivity contribution < 1.29 is 19.2 Å². The first kappa shape index (κ1) is 18.4. The van der Waals surface area contributed by atoms with E-state index in [9.17, 15) is 14.7 Å². The Labute approximate surface area is 152 Å². The molecule has 2 aromatic heterocycles. The number of rotatable bonds is 8. The molecular formula is C19H25N3O4. The van der Waals surface area contributed by atoms with Crippen LogP contribution in [0, 0.1) is 5.92 Å². The Morgan fingerprint density at radius 1 is 1.23 bits per heavy atom. The lowest BCUT2D eigenvalue weighted by Gasteiger charge is -2.21. The average Bonchev–Trinajstić information content (AvgIpc) is 3.33. The summed E-state index contributed by atoms with van der Waals surface area (Å²) in [6.45, 7) is 0. The maximum absolute atomic E-state index is 12.2. The van der Waals surface area contributed by atoms with Crippen LogP contribution in [-0.4, -0.2) is 31.7 Å². The van der Waals surface area contributed by atoms with Gasteiger partial charge in [0.05, 0.1) is 6.42 Å². The van der Waals surface area contributed by atoms with Gasteiger partial charge in [0.1, 0.15) is 0 Å². The Balaban J connectivity index is 1.61. The Kier molecular flexibility index (Phi) is 6.20. The van der Waals surface area contributed by atoms with Gasteiger partial charge < -0.3 is 9.63 Å². The van der Waals surface area contributed by atoms with E-state index in [-0.39, 0.29) is 30.0 Å². The van der Waals surface area contributed by atoms with Gasteiger partial charge in [-0.25, -0.2) is 0 Å². The van der Waals surface area contributed by atoms with Crippen LogP contribution in [0.3, 0.4) is 0 Å². The highest BCUT2D eigenvalue weighted by atomic mass is 16.5.